The lowest BCUT2D eigenvalue weighted by Crippen LogP contribution is -2.39. The minimum atomic E-state index is -0.160. The lowest BCUT2D eigenvalue weighted by atomic mass is 10.1. The van der Waals surface area contributed by atoms with Gasteiger partial charge >= 0.3 is 0 Å². The van der Waals surface area contributed by atoms with Crippen molar-refractivity contribution in [3.63, 3.8) is 0 Å². The molecule has 0 spiro atoms. The predicted octanol–water partition coefficient (Wildman–Crippen LogP) is 2.19. The SMILES string of the molecule is COc1ccc(CC(=O)N2CCC[C@H]2Cn2cc(C(=O)NC3CCCC3)nn2)cc1. The molecular formula is C22H29N5O3. The number of methoxy groups -OCH3 is 1. The van der Waals surface area contributed by atoms with Crippen LogP contribution in [0.1, 0.15) is 54.6 Å². The highest BCUT2D eigenvalue weighted by Gasteiger charge is 2.29. The number of rotatable bonds is 7. The van der Waals surface area contributed by atoms with Crippen LogP contribution in [0.4, 0.5) is 0 Å². The van der Waals surface area contributed by atoms with Crippen molar-refractivity contribution in [1.82, 2.24) is 25.2 Å². The molecule has 8 nitrogen and oxygen atoms in total. The Kier molecular flexibility index (Phi) is 6.30. The Morgan fingerprint density at radius 2 is 1.90 bits per heavy atom. The van der Waals surface area contributed by atoms with E-state index in [2.05, 4.69) is 15.6 Å². The Balaban J connectivity index is 1.33. The summed E-state index contributed by atoms with van der Waals surface area (Å²) in [6.45, 7) is 1.31. The third-order valence-electron chi connectivity index (χ3n) is 6.07. The summed E-state index contributed by atoms with van der Waals surface area (Å²) in [5.74, 6) is 0.734. The maximum absolute atomic E-state index is 12.9. The highest BCUT2D eigenvalue weighted by atomic mass is 16.5. The van der Waals surface area contributed by atoms with E-state index >= 15 is 0 Å². The zero-order chi connectivity index (χ0) is 20.9. The summed E-state index contributed by atoms with van der Waals surface area (Å²) in [6.07, 6.45) is 8.36. The van der Waals surface area contributed by atoms with Crippen molar-refractivity contribution < 1.29 is 14.3 Å². The van der Waals surface area contributed by atoms with E-state index in [1.807, 2.05) is 29.2 Å². The molecule has 0 radical (unpaired) electrons. The molecule has 1 saturated carbocycles. The van der Waals surface area contributed by atoms with Gasteiger partial charge in [0.05, 0.1) is 32.3 Å². The summed E-state index contributed by atoms with van der Waals surface area (Å²) in [5.41, 5.74) is 1.31. The van der Waals surface area contributed by atoms with Crippen LogP contribution in [0.2, 0.25) is 0 Å². The normalized spacial score (nSPS) is 19.2. The first kappa shape index (κ1) is 20.4. The van der Waals surface area contributed by atoms with Crippen molar-refractivity contribution in [3.8, 4) is 5.75 Å². The molecule has 1 N–H and O–H groups in total. The lowest BCUT2D eigenvalue weighted by molar-refractivity contribution is -0.131. The summed E-state index contributed by atoms with van der Waals surface area (Å²) in [4.78, 5) is 27.2. The van der Waals surface area contributed by atoms with Gasteiger partial charge in [0.25, 0.3) is 5.91 Å². The van der Waals surface area contributed by atoms with Gasteiger partial charge in [-0.15, -0.1) is 5.10 Å². The summed E-state index contributed by atoms with van der Waals surface area (Å²) in [6, 6.07) is 7.92. The number of benzene rings is 1. The first-order chi connectivity index (χ1) is 14.6. The fourth-order valence-corrected chi connectivity index (χ4v) is 4.41. The zero-order valence-corrected chi connectivity index (χ0v) is 17.4. The molecule has 160 valence electrons. The second kappa shape index (κ2) is 9.28. The van der Waals surface area contributed by atoms with E-state index in [0.717, 1.165) is 43.5 Å². The molecule has 8 heteroatoms. The van der Waals surface area contributed by atoms with E-state index in [4.69, 9.17) is 4.74 Å². The Bertz CT molecular complexity index is 873. The van der Waals surface area contributed by atoms with E-state index in [1.165, 1.54) is 12.8 Å². The molecule has 1 aromatic carbocycles. The molecule has 1 atom stereocenters. The van der Waals surface area contributed by atoms with Crippen LogP contribution < -0.4 is 10.1 Å². The van der Waals surface area contributed by atoms with Crippen LogP contribution in [-0.4, -0.2) is 57.4 Å². The van der Waals surface area contributed by atoms with E-state index < -0.39 is 0 Å². The van der Waals surface area contributed by atoms with Crippen LogP contribution in [-0.2, 0) is 17.8 Å². The van der Waals surface area contributed by atoms with Crippen molar-refractivity contribution >= 4 is 11.8 Å². The van der Waals surface area contributed by atoms with Gasteiger partial charge in [0.1, 0.15) is 5.75 Å². The topological polar surface area (TPSA) is 89.4 Å². The highest BCUT2D eigenvalue weighted by Crippen LogP contribution is 2.21. The zero-order valence-electron chi connectivity index (χ0n) is 17.4. The Morgan fingerprint density at radius 3 is 2.63 bits per heavy atom. The fourth-order valence-electron chi connectivity index (χ4n) is 4.41. The number of nitrogens with one attached hydrogen (secondary N) is 1. The molecule has 0 bridgehead atoms. The minimum Gasteiger partial charge on any atom is -0.497 e. The number of ether oxygens (including phenoxy) is 1. The largest absolute Gasteiger partial charge is 0.497 e. The number of amides is 2. The molecule has 4 rings (SSSR count). The first-order valence-corrected chi connectivity index (χ1v) is 10.8. The molecule has 1 aliphatic heterocycles. The van der Waals surface area contributed by atoms with Crippen LogP contribution in [0.5, 0.6) is 5.75 Å². The summed E-state index contributed by atoms with van der Waals surface area (Å²) >= 11 is 0. The smallest absolute Gasteiger partial charge is 0.273 e. The van der Waals surface area contributed by atoms with Crippen LogP contribution in [0.15, 0.2) is 30.5 Å². The van der Waals surface area contributed by atoms with Gasteiger partial charge in [-0.1, -0.05) is 30.2 Å². The average molecular weight is 412 g/mol. The maximum atomic E-state index is 12.9. The van der Waals surface area contributed by atoms with Gasteiger partial charge in [0.15, 0.2) is 5.69 Å². The third-order valence-corrected chi connectivity index (χ3v) is 6.07. The van der Waals surface area contributed by atoms with Crippen LogP contribution in [0.3, 0.4) is 0 Å². The first-order valence-electron chi connectivity index (χ1n) is 10.8. The van der Waals surface area contributed by atoms with Crippen molar-refractivity contribution in [2.24, 2.45) is 0 Å². The number of aromatic nitrogens is 3. The molecule has 1 aliphatic carbocycles. The predicted molar refractivity (Wildman–Crippen MR) is 111 cm³/mol. The van der Waals surface area contributed by atoms with Gasteiger partial charge in [0, 0.05) is 12.6 Å². The average Bonchev–Trinajstić information content (AvgIpc) is 3.51. The molecule has 1 saturated heterocycles. The minimum absolute atomic E-state index is 0.0724. The summed E-state index contributed by atoms with van der Waals surface area (Å²) in [5, 5.41) is 11.2. The second-order valence-electron chi connectivity index (χ2n) is 8.19. The van der Waals surface area contributed by atoms with E-state index in [9.17, 15) is 9.59 Å². The van der Waals surface area contributed by atoms with Crippen molar-refractivity contribution in [2.75, 3.05) is 13.7 Å². The van der Waals surface area contributed by atoms with Gasteiger partial charge in [-0.25, -0.2) is 4.68 Å². The number of hydrogen-bond donors (Lipinski definition) is 1. The summed E-state index contributed by atoms with van der Waals surface area (Å²) < 4.78 is 6.86. The van der Waals surface area contributed by atoms with Gasteiger partial charge in [-0.3, -0.25) is 9.59 Å². The molecule has 0 unspecified atom stereocenters. The molecule has 2 heterocycles. The quantitative estimate of drug-likeness (QED) is 0.754. The molecule has 2 fully saturated rings. The number of likely N-dealkylation sites (tertiary alicyclic amines) is 1. The van der Waals surface area contributed by atoms with Crippen molar-refractivity contribution in [3.05, 3.63) is 41.7 Å². The lowest BCUT2D eigenvalue weighted by Gasteiger charge is -2.24. The van der Waals surface area contributed by atoms with Gasteiger partial charge in [0.2, 0.25) is 5.91 Å². The standard InChI is InChI=1S/C22H29N5O3/c1-30-19-10-8-16(9-11-19)13-21(28)27-12-4-7-18(27)14-26-15-20(24-25-26)22(29)23-17-5-2-3-6-17/h8-11,15,17-18H,2-7,12-14H2,1H3,(H,23,29)/t18-/m0/s1. The molecular weight excluding hydrogens is 382 g/mol. The van der Waals surface area contributed by atoms with E-state index in [-0.39, 0.29) is 23.9 Å². The fraction of sp³-hybridized carbons (Fsp3) is 0.545. The van der Waals surface area contributed by atoms with Crippen LogP contribution in [0, 0.1) is 0 Å². The van der Waals surface area contributed by atoms with Crippen LogP contribution >= 0.6 is 0 Å². The molecule has 2 aromatic rings. The van der Waals surface area contributed by atoms with Gasteiger partial charge < -0.3 is 15.0 Å². The monoisotopic (exact) mass is 411 g/mol. The Labute approximate surface area is 176 Å². The third kappa shape index (κ3) is 4.80. The second-order valence-corrected chi connectivity index (χ2v) is 8.19. The summed E-state index contributed by atoms with van der Waals surface area (Å²) in [7, 11) is 1.63. The molecule has 2 aliphatic rings. The number of carbonyl (C=O) groups is 2. The number of hydrogen-bond acceptors (Lipinski definition) is 5. The van der Waals surface area contributed by atoms with Crippen LogP contribution in [0.25, 0.3) is 0 Å². The number of carbonyl (C=O) groups excluding carboxylic acids is 2. The highest BCUT2D eigenvalue weighted by molar-refractivity contribution is 5.92. The van der Waals surface area contributed by atoms with E-state index in [0.29, 0.717) is 18.7 Å². The Hall–Kier alpha value is -2.90. The van der Waals surface area contributed by atoms with E-state index in [1.54, 1.807) is 18.0 Å². The van der Waals surface area contributed by atoms with Gasteiger partial charge in [-0.05, 0) is 43.4 Å². The molecule has 2 amide bonds. The van der Waals surface area contributed by atoms with Crippen molar-refractivity contribution in [1.29, 1.82) is 0 Å². The van der Waals surface area contributed by atoms with Crippen molar-refractivity contribution in [2.45, 2.75) is 63.6 Å². The maximum Gasteiger partial charge on any atom is 0.273 e. The van der Waals surface area contributed by atoms with Gasteiger partial charge in [-0.2, -0.15) is 0 Å². The Morgan fingerprint density at radius 1 is 1.13 bits per heavy atom. The number of nitrogens with zero attached hydrogens (tertiary/aromatic N) is 4. The molecule has 30 heavy (non-hydrogen) atoms. The molecule has 1 aromatic heterocycles.